The number of hydrogen-bond donors (Lipinski definition) is 1. The number of benzene rings is 2. The lowest BCUT2D eigenvalue weighted by Gasteiger charge is -2.49. The van der Waals surface area contributed by atoms with Gasteiger partial charge in [0, 0.05) is 4.91 Å². The van der Waals surface area contributed by atoms with E-state index in [2.05, 4.69) is 50.8 Å². The predicted octanol–water partition coefficient (Wildman–Crippen LogP) is 5.85. The van der Waals surface area contributed by atoms with Crippen molar-refractivity contribution in [1.29, 1.82) is 0 Å². The first-order valence-electron chi connectivity index (χ1n) is 12.9. The lowest BCUT2D eigenvalue weighted by atomic mass is 9.97. The summed E-state index contributed by atoms with van der Waals surface area (Å²) >= 11 is 0. The van der Waals surface area contributed by atoms with Gasteiger partial charge in [0.2, 0.25) is 0 Å². The molecule has 1 aliphatic heterocycles. The van der Waals surface area contributed by atoms with Crippen LogP contribution in [0.3, 0.4) is 0 Å². The molecule has 1 heterocycles. The number of aliphatic hydroxyl groups excluding tert-OH is 1. The molecule has 206 valence electrons. The van der Waals surface area contributed by atoms with Crippen LogP contribution in [-0.4, -0.2) is 56.6 Å². The Morgan fingerprint density at radius 3 is 2.32 bits per heavy atom. The Morgan fingerprint density at radius 2 is 1.74 bits per heavy atom. The largest absolute Gasteiger partial charge is 0.459 e. The molecule has 1 fully saturated rings. The van der Waals surface area contributed by atoms with Crippen molar-refractivity contribution in [2.24, 2.45) is 11.0 Å². The molecule has 3 rings (SSSR count). The molecule has 5 atom stereocenters. The van der Waals surface area contributed by atoms with Gasteiger partial charge in [-0.2, -0.15) is 0 Å². The molecule has 1 saturated heterocycles. The van der Waals surface area contributed by atoms with E-state index in [9.17, 15) is 15.4 Å². The normalized spacial score (nSPS) is 24.1. The molecule has 1 N–H and O–H groups in total. The number of ether oxygens (including phenoxy) is 3. The first-order valence-corrected chi connectivity index (χ1v) is 15.8. The molecule has 0 bridgehead atoms. The van der Waals surface area contributed by atoms with Gasteiger partial charge in [-0.05, 0) is 47.3 Å². The van der Waals surface area contributed by atoms with E-state index in [0.717, 1.165) is 5.56 Å². The van der Waals surface area contributed by atoms with Crippen molar-refractivity contribution >= 4 is 14.3 Å². The molecular formula is C28H39N3O6Si. The summed E-state index contributed by atoms with van der Waals surface area (Å²) in [5, 5.41) is 15.1. The Balaban J connectivity index is 1.88. The average molecular weight is 542 g/mol. The quantitative estimate of drug-likeness (QED) is 0.125. The zero-order valence-electron chi connectivity index (χ0n) is 23.0. The number of nitrogens with zero attached hydrogens (tertiary/aromatic N) is 3. The highest BCUT2D eigenvalue weighted by molar-refractivity contribution is 6.74. The van der Waals surface area contributed by atoms with Crippen molar-refractivity contribution in [3.63, 3.8) is 0 Å². The summed E-state index contributed by atoms with van der Waals surface area (Å²) in [6, 6.07) is 17.1. The lowest BCUT2D eigenvalue weighted by Crippen LogP contribution is -2.62. The van der Waals surface area contributed by atoms with Gasteiger partial charge >= 0.3 is 5.97 Å². The van der Waals surface area contributed by atoms with Gasteiger partial charge < -0.3 is 23.7 Å². The van der Waals surface area contributed by atoms with E-state index in [1.807, 2.05) is 36.4 Å². The summed E-state index contributed by atoms with van der Waals surface area (Å²) in [6.45, 7) is 12.8. The summed E-state index contributed by atoms with van der Waals surface area (Å²) < 4.78 is 24.5. The van der Waals surface area contributed by atoms with Gasteiger partial charge in [0.15, 0.2) is 14.6 Å². The minimum atomic E-state index is -2.47. The zero-order chi connectivity index (χ0) is 27.9. The van der Waals surface area contributed by atoms with Crippen LogP contribution in [0.1, 0.15) is 43.6 Å². The molecule has 2 aromatic rings. The topological polar surface area (TPSA) is 123 Å². The Morgan fingerprint density at radius 1 is 1.13 bits per heavy atom. The van der Waals surface area contributed by atoms with Crippen LogP contribution in [0, 0.1) is 5.92 Å². The molecule has 10 heteroatoms. The van der Waals surface area contributed by atoms with Gasteiger partial charge in [-0.3, -0.25) is 0 Å². The molecule has 38 heavy (non-hydrogen) atoms. The predicted molar refractivity (Wildman–Crippen MR) is 147 cm³/mol. The zero-order valence-corrected chi connectivity index (χ0v) is 24.0. The van der Waals surface area contributed by atoms with Crippen LogP contribution >= 0.6 is 0 Å². The van der Waals surface area contributed by atoms with Crippen LogP contribution in [0.5, 0.6) is 0 Å². The van der Waals surface area contributed by atoms with Gasteiger partial charge in [0.1, 0.15) is 24.9 Å². The average Bonchev–Trinajstić information content (AvgIpc) is 2.89. The second-order valence-electron chi connectivity index (χ2n) is 11.0. The van der Waals surface area contributed by atoms with Gasteiger partial charge in [0.25, 0.3) is 0 Å². The second kappa shape index (κ2) is 12.9. The number of hydrogen-bond acceptors (Lipinski definition) is 7. The van der Waals surface area contributed by atoms with Crippen LogP contribution in [0.25, 0.3) is 10.4 Å². The van der Waals surface area contributed by atoms with Crippen LogP contribution in [-0.2, 0) is 25.2 Å². The van der Waals surface area contributed by atoms with E-state index in [-0.39, 0.29) is 18.3 Å². The van der Waals surface area contributed by atoms with Gasteiger partial charge in [-0.1, -0.05) is 81.3 Å². The van der Waals surface area contributed by atoms with Crippen molar-refractivity contribution in [3.05, 3.63) is 82.2 Å². The number of carbonyl (C=O) groups is 1. The molecule has 2 aromatic carbocycles. The van der Waals surface area contributed by atoms with E-state index < -0.39 is 44.9 Å². The molecule has 0 saturated carbocycles. The van der Waals surface area contributed by atoms with Crippen molar-refractivity contribution in [2.45, 2.75) is 83.1 Å². The maximum absolute atomic E-state index is 12.6. The summed E-state index contributed by atoms with van der Waals surface area (Å²) in [5.74, 6) is -0.211. The molecule has 9 nitrogen and oxygen atoms in total. The number of rotatable bonds is 11. The monoisotopic (exact) mass is 541 g/mol. The van der Waals surface area contributed by atoms with Crippen molar-refractivity contribution in [2.75, 3.05) is 6.61 Å². The first kappa shape index (κ1) is 29.8. The summed E-state index contributed by atoms with van der Waals surface area (Å²) in [6.07, 6.45) is -4.13. The van der Waals surface area contributed by atoms with E-state index in [0.29, 0.717) is 11.5 Å². The van der Waals surface area contributed by atoms with Gasteiger partial charge in [0.05, 0.1) is 18.3 Å². The highest BCUT2D eigenvalue weighted by Crippen LogP contribution is 2.46. The smallest absolute Gasteiger partial charge is 0.338 e. The van der Waals surface area contributed by atoms with E-state index in [4.69, 9.17) is 18.6 Å². The fourth-order valence-corrected chi connectivity index (χ4v) is 6.70. The third kappa shape index (κ3) is 7.02. The molecular weight excluding hydrogens is 502 g/mol. The fourth-order valence-electron chi connectivity index (χ4n) is 4.23. The van der Waals surface area contributed by atoms with Crippen LogP contribution in [0.4, 0.5) is 0 Å². The van der Waals surface area contributed by atoms with Crippen molar-refractivity contribution in [1.82, 2.24) is 0 Å². The maximum atomic E-state index is 12.6. The number of carbonyl (C=O) groups excluding carboxylic acids is 1. The third-order valence-corrected chi connectivity index (χ3v) is 12.4. The molecule has 0 radical (unpaired) electrons. The minimum absolute atomic E-state index is 0.150. The standard InChI is InChI=1S/C28H39N3O6Si/c1-19(2)28(3,4)38(5,6)37-27-23(30-31-29)25(34-17-20-13-9-7-10-14-20)24(32)22(36-27)18-35-26(33)21-15-11-8-12-16-21/h7-16,19,22-25,27,32H,17-18H2,1-6H3/t22-,23-,24-,25-,27+/m1/s1. The molecule has 0 spiro atoms. The first-order chi connectivity index (χ1) is 18.0. The number of esters is 1. The van der Waals surface area contributed by atoms with Crippen molar-refractivity contribution < 1.29 is 28.5 Å². The molecule has 0 aliphatic carbocycles. The molecule has 0 amide bonds. The Labute approximate surface area is 225 Å². The lowest BCUT2D eigenvalue weighted by molar-refractivity contribution is -0.253. The van der Waals surface area contributed by atoms with E-state index >= 15 is 0 Å². The molecule has 1 aliphatic rings. The minimum Gasteiger partial charge on any atom is -0.459 e. The van der Waals surface area contributed by atoms with Crippen LogP contribution < -0.4 is 0 Å². The van der Waals surface area contributed by atoms with Gasteiger partial charge in [-0.15, -0.1) is 0 Å². The SMILES string of the molecule is CC(C)C(C)(C)[Si](C)(C)O[C@@H]1O[C@H](COC(=O)c2ccccc2)[C@@H](O)[C@H](OCc2ccccc2)[C@H]1N=[N+]=[N-]. The number of azide groups is 1. The summed E-state index contributed by atoms with van der Waals surface area (Å²) in [4.78, 5) is 15.6. The van der Waals surface area contributed by atoms with Crippen molar-refractivity contribution in [3.8, 4) is 0 Å². The van der Waals surface area contributed by atoms with E-state index in [1.165, 1.54) is 0 Å². The summed E-state index contributed by atoms with van der Waals surface area (Å²) in [7, 11) is -2.47. The van der Waals surface area contributed by atoms with Crippen LogP contribution in [0.15, 0.2) is 65.8 Å². The maximum Gasteiger partial charge on any atom is 0.338 e. The fraction of sp³-hybridized carbons (Fsp3) is 0.536. The van der Waals surface area contributed by atoms with Crippen LogP contribution in [0.2, 0.25) is 18.1 Å². The Hall–Kier alpha value is -2.72. The summed E-state index contributed by atoms with van der Waals surface area (Å²) in [5.41, 5.74) is 10.7. The second-order valence-corrected chi connectivity index (χ2v) is 15.5. The Kier molecular flexibility index (Phi) is 10.1. The van der Waals surface area contributed by atoms with Gasteiger partial charge in [-0.25, -0.2) is 4.79 Å². The molecule has 0 unspecified atom stereocenters. The highest BCUT2D eigenvalue weighted by atomic mass is 28.4. The highest BCUT2D eigenvalue weighted by Gasteiger charge is 2.52. The third-order valence-electron chi connectivity index (χ3n) is 7.91. The molecule has 0 aromatic heterocycles. The Bertz CT molecular complexity index is 1090. The van der Waals surface area contributed by atoms with E-state index in [1.54, 1.807) is 24.3 Å². The number of aliphatic hydroxyl groups is 1.